The van der Waals surface area contributed by atoms with Crippen LogP contribution in [0.15, 0.2) is 24.3 Å². The molecular formula is C14H21FN2O. The van der Waals surface area contributed by atoms with E-state index in [1.54, 1.807) is 18.2 Å². The van der Waals surface area contributed by atoms with Gasteiger partial charge in [0.25, 0.3) is 0 Å². The van der Waals surface area contributed by atoms with Crippen LogP contribution in [-0.4, -0.2) is 18.0 Å². The van der Waals surface area contributed by atoms with Gasteiger partial charge in [-0.05, 0) is 38.8 Å². The van der Waals surface area contributed by atoms with Crippen molar-refractivity contribution in [2.45, 2.75) is 32.7 Å². The van der Waals surface area contributed by atoms with Crippen molar-refractivity contribution in [1.29, 1.82) is 0 Å². The highest BCUT2D eigenvalue weighted by Gasteiger charge is 2.22. The Morgan fingerprint density at radius 2 is 2.00 bits per heavy atom. The van der Waals surface area contributed by atoms with Crippen molar-refractivity contribution in [3.8, 4) is 0 Å². The molecule has 0 saturated carbocycles. The van der Waals surface area contributed by atoms with E-state index in [4.69, 9.17) is 5.73 Å². The Balaban J connectivity index is 2.74. The molecule has 0 fully saturated rings. The van der Waals surface area contributed by atoms with Crippen LogP contribution in [-0.2, 0) is 11.2 Å². The van der Waals surface area contributed by atoms with E-state index in [1.165, 1.54) is 6.07 Å². The third kappa shape index (κ3) is 4.45. The van der Waals surface area contributed by atoms with Gasteiger partial charge >= 0.3 is 0 Å². The molecule has 0 aromatic heterocycles. The molecule has 3 nitrogen and oxygen atoms in total. The molecule has 0 heterocycles. The predicted molar refractivity (Wildman–Crippen MR) is 70.5 cm³/mol. The van der Waals surface area contributed by atoms with E-state index in [1.807, 2.05) is 20.8 Å². The van der Waals surface area contributed by atoms with Crippen molar-refractivity contribution in [1.82, 2.24) is 5.32 Å². The zero-order valence-electron chi connectivity index (χ0n) is 11.2. The average Bonchev–Trinajstić information content (AvgIpc) is 2.25. The molecule has 0 aliphatic heterocycles. The van der Waals surface area contributed by atoms with E-state index >= 15 is 0 Å². The Morgan fingerprint density at radius 3 is 2.50 bits per heavy atom. The van der Waals surface area contributed by atoms with Gasteiger partial charge in [0.1, 0.15) is 5.82 Å². The standard InChI is InChI=1S/C14H21FN2O/c1-14(2,3)17-13(18)11(9-16)8-10-6-4-5-7-12(10)15/h4-7,11H,8-9,16H2,1-3H3,(H,17,18). The molecule has 0 aliphatic carbocycles. The normalized spacial score (nSPS) is 13.2. The Hall–Kier alpha value is -1.42. The first kappa shape index (κ1) is 14.6. The first-order valence-electron chi connectivity index (χ1n) is 6.09. The lowest BCUT2D eigenvalue weighted by molar-refractivity contribution is -0.126. The number of hydrogen-bond acceptors (Lipinski definition) is 2. The number of carbonyl (C=O) groups is 1. The predicted octanol–water partition coefficient (Wildman–Crippen LogP) is 1.86. The van der Waals surface area contributed by atoms with Crippen LogP contribution in [0.3, 0.4) is 0 Å². The highest BCUT2D eigenvalue weighted by molar-refractivity contribution is 5.79. The number of halogens is 1. The van der Waals surface area contributed by atoms with Crippen LogP contribution in [0.1, 0.15) is 26.3 Å². The second-order valence-electron chi connectivity index (χ2n) is 5.47. The topological polar surface area (TPSA) is 55.1 Å². The molecule has 100 valence electrons. The fourth-order valence-electron chi connectivity index (χ4n) is 1.68. The number of carbonyl (C=O) groups excluding carboxylic acids is 1. The number of hydrogen-bond donors (Lipinski definition) is 2. The number of nitrogens with one attached hydrogen (secondary N) is 1. The summed E-state index contributed by atoms with van der Waals surface area (Å²) in [6.07, 6.45) is 0.324. The molecule has 0 bridgehead atoms. The highest BCUT2D eigenvalue weighted by atomic mass is 19.1. The van der Waals surface area contributed by atoms with E-state index < -0.39 is 5.92 Å². The monoisotopic (exact) mass is 252 g/mol. The fraction of sp³-hybridized carbons (Fsp3) is 0.500. The molecule has 3 N–H and O–H groups in total. The summed E-state index contributed by atoms with van der Waals surface area (Å²) in [5.41, 5.74) is 5.83. The number of benzene rings is 1. The van der Waals surface area contributed by atoms with Gasteiger partial charge in [-0.25, -0.2) is 4.39 Å². The Kier molecular flexibility index (Phi) is 4.84. The minimum atomic E-state index is -0.402. The summed E-state index contributed by atoms with van der Waals surface area (Å²) in [4.78, 5) is 12.0. The van der Waals surface area contributed by atoms with Crippen molar-refractivity contribution in [2.24, 2.45) is 11.7 Å². The maximum Gasteiger partial charge on any atom is 0.225 e. The minimum absolute atomic E-state index is 0.131. The first-order chi connectivity index (χ1) is 8.33. The second-order valence-corrected chi connectivity index (χ2v) is 5.47. The summed E-state index contributed by atoms with van der Waals surface area (Å²) >= 11 is 0. The lowest BCUT2D eigenvalue weighted by atomic mass is 9.96. The van der Waals surface area contributed by atoms with Gasteiger partial charge in [-0.15, -0.1) is 0 Å². The van der Waals surface area contributed by atoms with Crippen molar-refractivity contribution in [3.05, 3.63) is 35.6 Å². The molecular weight excluding hydrogens is 231 g/mol. The molecule has 1 rings (SSSR count). The summed E-state index contributed by atoms with van der Waals surface area (Å²) in [7, 11) is 0. The third-order valence-corrected chi connectivity index (χ3v) is 2.58. The molecule has 1 atom stereocenters. The van der Waals surface area contributed by atoms with Crippen LogP contribution >= 0.6 is 0 Å². The van der Waals surface area contributed by atoms with Crippen molar-refractivity contribution >= 4 is 5.91 Å². The van der Waals surface area contributed by atoms with E-state index in [9.17, 15) is 9.18 Å². The summed E-state index contributed by atoms with van der Waals surface area (Å²) in [5.74, 6) is -0.825. The fourth-order valence-corrected chi connectivity index (χ4v) is 1.68. The van der Waals surface area contributed by atoms with Gasteiger partial charge in [0.15, 0.2) is 0 Å². The van der Waals surface area contributed by atoms with Crippen LogP contribution < -0.4 is 11.1 Å². The minimum Gasteiger partial charge on any atom is -0.351 e. The van der Waals surface area contributed by atoms with Crippen LogP contribution in [0, 0.1) is 11.7 Å². The second kappa shape index (κ2) is 5.96. The van der Waals surface area contributed by atoms with Crippen LogP contribution in [0.4, 0.5) is 4.39 Å². The Labute approximate surface area is 108 Å². The molecule has 1 aromatic carbocycles. The van der Waals surface area contributed by atoms with E-state index in [0.717, 1.165) is 0 Å². The average molecular weight is 252 g/mol. The van der Waals surface area contributed by atoms with Gasteiger partial charge in [-0.3, -0.25) is 4.79 Å². The smallest absolute Gasteiger partial charge is 0.225 e. The maximum absolute atomic E-state index is 13.5. The van der Waals surface area contributed by atoms with Crippen LogP contribution in [0.2, 0.25) is 0 Å². The van der Waals surface area contributed by atoms with Gasteiger partial charge in [-0.2, -0.15) is 0 Å². The first-order valence-corrected chi connectivity index (χ1v) is 6.09. The summed E-state index contributed by atoms with van der Waals surface area (Å²) in [5, 5.41) is 2.87. The number of nitrogens with two attached hydrogens (primary N) is 1. The molecule has 0 saturated heterocycles. The third-order valence-electron chi connectivity index (χ3n) is 2.58. The molecule has 1 amide bonds. The summed E-state index contributed by atoms with van der Waals surface area (Å²) in [6, 6.07) is 6.46. The van der Waals surface area contributed by atoms with E-state index in [-0.39, 0.29) is 23.8 Å². The number of amides is 1. The number of rotatable bonds is 4. The maximum atomic E-state index is 13.5. The highest BCUT2D eigenvalue weighted by Crippen LogP contribution is 2.13. The molecule has 1 unspecified atom stereocenters. The van der Waals surface area contributed by atoms with E-state index in [2.05, 4.69) is 5.32 Å². The largest absolute Gasteiger partial charge is 0.351 e. The molecule has 18 heavy (non-hydrogen) atoms. The van der Waals surface area contributed by atoms with Gasteiger partial charge in [0.2, 0.25) is 5.91 Å². The quantitative estimate of drug-likeness (QED) is 0.859. The molecule has 0 spiro atoms. The molecule has 0 aliphatic rings. The lowest BCUT2D eigenvalue weighted by Crippen LogP contribution is -2.46. The SMILES string of the molecule is CC(C)(C)NC(=O)C(CN)Cc1ccccc1F. The molecule has 1 aromatic rings. The summed E-state index contributed by atoms with van der Waals surface area (Å²) < 4.78 is 13.5. The Bertz CT molecular complexity index is 413. The summed E-state index contributed by atoms with van der Waals surface area (Å²) in [6.45, 7) is 5.92. The zero-order chi connectivity index (χ0) is 13.8. The molecule has 0 radical (unpaired) electrons. The van der Waals surface area contributed by atoms with Gasteiger partial charge in [0.05, 0.1) is 5.92 Å². The molecule has 4 heteroatoms. The van der Waals surface area contributed by atoms with Crippen molar-refractivity contribution in [2.75, 3.05) is 6.54 Å². The van der Waals surface area contributed by atoms with Gasteiger partial charge in [0, 0.05) is 12.1 Å². The Morgan fingerprint density at radius 1 is 1.39 bits per heavy atom. The van der Waals surface area contributed by atoms with Crippen LogP contribution in [0.25, 0.3) is 0 Å². The lowest BCUT2D eigenvalue weighted by Gasteiger charge is -2.24. The van der Waals surface area contributed by atoms with Crippen LogP contribution in [0.5, 0.6) is 0 Å². The van der Waals surface area contributed by atoms with Crippen molar-refractivity contribution in [3.63, 3.8) is 0 Å². The van der Waals surface area contributed by atoms with Gasteiger partial charge < -0.3 is 11.1 Å². The zero-order valence-corrected chi connectivity index (χ0v) is 11.2. The van der Waals surface area contributed by atoms with E-state index in [0.29, 0.717) is 12.0 Å². The van der Waals surface area contributed by atoms with Gasteiger partial charge in [-0.1, -0.05) is 18.2 Å². The van der Waals surface area contributed by atoms with Crippen molar-refractivity contribution < 1.29 is 9.18 Å².